The van der Waals surface area contributed by atoms with Crippen LogP contribution in [0.5, 0.6) is 5.75 Å². The van der Waals surface area contributed by atoms with Gasteiger partial charge in [-0.15, -0.1) is 11.8 Å². The number of hydrogen-bond acceptors (Lipinski definition) is 4. The van der Waals surface area contributed by atoms with Crippen molar-refractivity contribution in [2.24, 2.45) is 0 Å². The van der Waals surface area contributed by atoms with E-state index in [1.54, 1.807) is 30.2 Å². The summed E-state index contributed by atoms with van der Waals surface area (Å²) in [6.07, 6.45) is 0.471. The summed E-state index contributed by atoms with van der Waals surface area (Å²) in [5, 5.41) is 3.94. The van der Waals surface area contributed by atoms with Crippen molar-refractivity contribution in [3.05, 3.63) is 63.6 Å². The van der Waals surface area contributed by atoms with Crippen molar-refractivity contribution < 1.29 is 14.3 Å². The first-order valence-electron chi connectivity index (χ1n) is 10.8. The summed E-state index contributed by atoms with van der Waals surface area (Å²) in [5.74, 6) is 1.36. The van der Waals surface area contributed by atoms with Crippen LogP contribution in [0.3, 0.4) is 0 Å². The molecule has 2 aromatic carbocycles. The molecule has 0 spiro atoms. The van der Waals surface area contributed by atoms with Gasteiger partial charge in [0.2, 0.25) is 11.8 Å². The number of ether oxygens (including phenoxy) is 1. The zero-order valence-electron chi connectivity index (χ0n) is 19.8. The third kappa shape index (κ3) is 8.43. The Bertz CT molecular complexity index is 925. The summed E-state index contributed by atoms with van der Waals surface area (Å²) in [4.78, 5) is 28.0. The highest BCUT2D eigenvalue weighted by Crippen LogP contribution is 2.28. The molecule has 0 fully saturated rings. The van der Waals surface area contributed by atoms with Crippen LogP contribution in [0.4, 0.5) is 0 Å². The fraction of sp³-hybridized carbons (Fsp3) is 0.440. The summed E-state index contributed by atoms with van der Waals surface area (Å²) in [6.45, 7) is 7.81. The molecule has 0 saturated carbocycles. The van der Waals surface area contributed by atoms with E-state index in [-0.39, 0.29) is 24.1 Å². The van der Waals surface area contributed by atoms with Crippen molar-refractivity contribution in [2.45, 2.75) is 58.0 Å². The molecule has 0 saturated heterocycles. The summed E-state index contributed by atoms with van der Waals surface area (Å²) >= 11 is 14.3. The van der Waals surface area contributed by atoms with Crippen LogP contribution in [-0.4, -0.2) is 41.2 Å². The molecule has 0 bridgehead atoms. The van der Waals surface area contributed by atoms with Crippen LogP contribution in [0.2, 0.25) is 10.0 Å². The maximum Gasteiger partial charge on any atom is 0.243 e. The number of amides is 2. The maximum atomic E-state index is 13.4. The average molecular weight is 512 g/mol. The maximum absolute atomic E-state index is 13.4. The molecule has 180 valence electrons. The molecule has 2 aromatic rings. The first kappa shape index (κ1) is 27.4. The van der Waals surface area contributed by atoms with Gasteiger partial charge in [0, 0.05) is 33.4 Å². The Morgan fingerprint density at radius 1 is 1.09 bits per heavy atom. The van der Waals surface area contributed by atoms with Crippen molar-refractivity contribution in [1.29, 1.82) is 0 Å². The first-order chi connectivity index (χ1) is 15.6. The molecule has 2 amide bonds. The SMILES string of the molecule is CC[C@@H](C(=O)NC(C)(C)C)N(Cc1c(Cl)cccc1Cl)C(=O)CSCc1ccc(OC)cc1. The van der Waals surface area contributed by atoms with Gasteiger partial charge in [0.25, 0.3) is 0 Å². The third-order valence-electron chi connectivity index (χ3n) is 4.93. The number of rotatable bonds is 10. The molecule has 0 radical (unpaired) electrons. The van der Waals surface area contributed by atoms with Crippen LogP contribution >= 0.6 is 35.0 Å². The predicted octanol–water partition coefficient (Wildman–Crippen LogP) is 5.96. The molecule has 0 aliphatic heterocycles. The average Bonchev–Trinajstić information content (AvgIpc) is 2.74. The van der Waals surface area contributed by atoms with Crippen molar-refractivity contribution in [2.75, 3.05) is 12.9 Å². The lowest BCUT2D eigenvalue weighted by molar-refractivity contribution is -0.140. The van der Waals surface area contributed by atoms with Gasteiger partial charge in [-0.3, -0.25) is 9.59 Å². The molecule has 0 aliphatic carbocycles. The van der Waals surface area contributed by atoms with Crippen molar-refractivity contribution >= 4 is 46.8 Å². The van der Waals surface area contributed by atoms with E-state index >= 15 is 0 Å². The van der Waals surface area contributed by atoms with E-state index < -0.39 is 11.6 Å². The Balaban J connectivity index is 2.20. The van der Waals surface area contributed by atoms with Gasteiger partial charge >= 0.3 is 0 Å². The largest absolute Gasteiger partial charge is 0.497 e. The molecule has 5 nitrogen and oxygen atoms in total. The predicted molar refractivity (Wildman–Crippen MR) is 138 cm³/mol. The highest BCUT2D eigenvalue weighted by atomic mass is 35.5. The van der Waals surface area contributed by atoms with Gasteiger partial charge in [0.15, 0.2) is 0 Å². The van der Waals surface area contributed by atoms with Crippen LogP contribution in [0.25, 0.3) is 0 Å². The van der Waals surface area contributed by atoms with Crippen LogP contribution in [0.15, 0.2) is 42.5 Å². The Kier molecular flexibility index (Phi) is 10.4. The lowest BCUT2D eigenvalue weighted by Gasteiger charge is -2.33. The Labute approximate surface area is 211 Å². The lowest BCUT2D eigenvalue weighted by atomic mass is 10.1. The zero-order chi connectivity index (χ0) is 24.6. The van der Waals surface area contributed by atoms with Crippen LogP contribution in [-0.2, 0) is 21.9 Å². The molecule has 0 aromatic heterocycles. The molecule has 1 atom stereocenters. The fourth-order valence-corrected chi connectivity index (χ4v) is 4.67. The summed E-state index contributed by atoms with van der Waals surface area (Å²) < 4.78 is 5.19. The quantitative estimate of drug-likeness (QED) is 0.428. The van der Waals surface area contributed by atoms with Gasteiger partial charge in [-0.05, 0) is 57.0 Å². The lowest BCUT2D eigenvalue weighted by Crippen LogP contribution is -2.53. The molecule has 2 rings (SSSR count). The van der Waals surface area contributed by atoms with Gasteiger partial charge in [0.1, 0.15) is 11.8 Å². The number of thioether (sulfide) groups is 1. The Morgan fingerprint density at radius 2 is 1.70 bits per heavy atom. The van der Waals surface area contributed by atoms with Crippen LogP contribution in [0.1, 0.15) is 45.2 Å². The van der Waals surface area contributed by atoms with Gasteiger partial charge in [0.05, 0.1) is 12.9 Å². The number of hydrogen-bond donors (Lipinski definition) is 1. The number of halogens is 2. The monoisotopic (exact) mass is 510 g/mol. The molecular formula is C25H32Cl2N2O3S. The van der Waals surface area contributed by atoms with Gasteiger partial charge in [-0.1, -0.05) is 48.3 Å². The smallest absolute Gasteiger partial charge is 0.243 e. The molecule has 33 heavy (non-hydrogen) atoms. The second kappa shape index (κ2) is 12.5. The molecule has 8 heteroatoms. The summed E-state index contributed by atoms with van der Waals surface area (Å²) in [6, 6.07) is 12.3. The minimum atomic E-state index is -0.634. The summed E-state index contributed by atoms with van der Waals surface area (Å²) in [5.41, 5.74) is 1.31. The Morgan fingerprint density at radius 3 is 2.21 bits per heavy atom. The van der Waals surface area contributed by atoms with Crippen LogP contribution in [0, 0.1) is 0 Å². The zero-order valence-corrected chi connectivity index (χ0v) is 22.1. The summed E-state index contributed by atoms with van der Waals surface area (Å²) in [7, 11) is 1.63. The van der Waals surface area contributed by atoms with Crippen molar-refractivity contribution in [1.82, 2.24) is 10.2 Å². The van der Waals surface area contributed by atoms with E-state index in [9.17, 15) is 9.59 Å². The van der Waals surface area contributed by atoms with Crippen molar-refractivity contribution in [3.63, 3.8) is 0 Å². The van der Waals surface area contributed by atoms with E-state index in [0.717, 1.165) is 11.3 Å². The number of benzene rings is 2. The first-order valence-corrected chi connectivity index (χ1v) is 12.7. The molecule has 0 heterocycles. The number of methoxy groups -OCH3 is 1. The normalized spacial score (nSPS) is 12.2. The van der Waals surface area contributed by atoms with E-state index in [2.05, 4.69) is 5.32 Å². The number of carbonyl (C=O) groups excluding carboxylic acids is 2. The molecule has 0 unspecified atom stereocenters. The Hall–Kier alpha value is -1.89. The second-order valence-corrected chi connectivity index (χ2v) is 10.5. The van der Waals surface area contributed by atoms with Gasteiger partial charge in [-0.2, -0.15) is 0 Å². The fourth-order valence-electron chi connectivity index (χ4n) is 3.29. The topological polar surface area (TPSA) is 58.6 Å². The minimum Gasteiger partial charge on any atom is -0.497 e. The van der Waals surface area contributed by atoms with Gasteiger partial charge < -0.3 is 15.0 Å². The number of nitrogens with zero attached hydrogens (tertiary/aromatic N) is 1. The highest BCUT2D eigenvalue weighted by Gasteiger charge is 2.31. The molecule has 0 aliphatic rings. The molecular weight excluding hydrogens is 479 g/mol. The van der Waals surface area contributed by atoms with E-state index in [1.807, 2.05) is 52.0 Å². The third-order valence-corrected chi connectivity index (χ3v) is 6.62. The number of carbonyl (C=O) groups is 2. The second-order valence-electron chi connectivity index (χ2n) is 8.73. The molecule has 1 N–H and O–H groups in total. The van der Waals surface area contributed by atoms with E-state index in [0.29, 0.717) is 27.8 Å². The standard InChI is InChI=1S/C25H32Cl2N2O3S/c1-6-22(24(31)28-25(2,3)4)29(14-19-20(26)8-7-9-21(19)27)23(30)16-33-15-17-10-12-18(32-5)13-11-17/h7-13,22H,6,14-16H2,1-5H3,(H,28,31)/t22-/m0/s1. The van der Waals surface area contributed by atoms with E-state index in [4.69, 9.17) is 27.9 Å². The van der Waals surface area contributed by atoms with E-state index in [1.165, 1.54) is 11.8 Å². The van der Waals surface area contributed by atoms with Gasteiger partial charge in [-0.25, -0.2) is 0 Å². The van der Waals surface area contributed by atoms with Crippen LogP contribution < -0.4 is 10.1 Å². The minimum absolute atomic E-state index is 0.139. The highest BCUT2D eigenvalue weighted by molar-refractivity contribution is 7.99. The van der Waals surface area contributed by atoms with Crippen molar-refractivity contribution in [3.8, 4) is 5.75 Å². The number of nitrogens with one attached hydrogen (secondary N) is 1.